The van der Waals surface area contributed by atoms with E-state index in [9.17, 15) is 18.0 Å². The van der Waals surface area contributed by atoms with Crippen molar-refractivity contribution >= 4 is 44.2 Å². The van der Waals surface area contributed by atoms with Crippen molar-refractivity contribution in [2.24, 2.45) is 0 Å². The lowest BCUT2D eigenvalue weighted by atomic mass is 10.1. The zero-order valence-electron chi connectivity index (χ0n) is 20.9. The second kappa shape index (κ2) is 11.9. The topological polar surface area (TPSA) is 86.8 Å². The van der Waals surface area contributed by atoms with E-state index < -0.39 is 28.5 Å². The van der Waals surface area contributed by atoms with Crippen LogP contribution in [0.5, 0.6) is 0 Å². The van der Waals surface area contributed by atoms with Crippen molar-refractivity contribution in [1.29, 1.82) is 0 Å². The van der Waals surface area contributed by atoms with E-state index in [4.69, 9.17) is 11.6 Å². The summed E-state index contributed by atoms with van der Waals surface area (Å²) in [6, 6.07) is 18.5. The first kappa shape index (κ1) is 27.6. The fourth-order valence-corrected chi connectivity index (χ4v) is 5.24. The number of halogens is 1. The first-order valence-corrected chi connectivity index (χ1v) is 13.6. The summed E-state index contributed by atoms with van der Waals surface area (Å²) in [7, 11) is -2.57. The second-order valence-electron chi connectivity index (χ2n) is 9.01. The maximum atomic E-state index is 13.5. The number of benzene rings is 3. The number of sulfonamides is 1. The van der Waals surface area contributed by atoms with Gasteiger partial charge < -0.3 is 10.2 Å². The molecular weight excluding hydrogens is 498 g/mol. The number of nitrogens with zero attached hydrogens (tertiary/aromatic N) is 2. The summed E-state index contributed by atoms with van der Waals surface area (Å²) in [5.41, 5.74) is 0.781. The molecule has 0 radical (unpaired) electrons. The molecule has 0 aliphatic heterocycles. The minimum atomic E-state index is -3.94. The smallest absolute Gasteiger partial charge is 0.243 e. The van der Waals surface area contributed by atoms with Gasteiger partial charge in [-0.1, -0.05) is 61.0 Å². The van der Waals surface area contributed by atoms with Crippen LogP contribution in [-0.2, 0) is 26.2 Å². The molecule has 36 heavy (non-hydrogen) atoms. The van der Waals surface area contributed by atoms with Crippen molar-refractivity contribution in [2.75, 3.05) is 13.6 Å². The van der Waals surface area contributed by atoms with Crippen LogP contribution in [0.15, 0.2) is 71.6 Å². The molecule has 1 atom stereocenters. The third-order valence-corrected chi connectivity index (χ3v) is 7.92. The van der Waals surface area contributed by atoms with E-state index in [-0.39, 0.29) is 23.4 Å². The largest absolute Gasteiger partial charge is 0.352 e. The molecule has 0 aromatic heterocycles. The van der Waals surface area contributed by atoms with E-state index in [0.717, 1.165) is 20.6 Å². The van der Waals surface area contributed by atoms with E-state index in [2.05, 4.69) is 5.32 Å². The Hall–Kier alpha value is -2.94. The molecule has 0 heterocycles. The average Bonchev–Trinajstić information content (AvgIpc) is 2.84. The number of fused-ring (bicyclic) bond motifs is 1. The molecule has 0 saturated carbocycles. The van der Waals surface area contributed by atoms with Crippen LogP contribution < -0.4 is 5.32 Å². The number of likely N-dealkylation sites (N-methyl/N-ethyl adjacent to an activating group) is 1. The van der Waals surface area contributed by atoms with E-state index in [1.165, 1.54) is 18.0 Å². The van der Waals surface area contributed by atoms with Crippen LogP contribution in [0.25, 0.3) is 10.8 Å². The molecule has 0 spiro atoms. The second-order valence-corrected chi connectivity index (χ2v) is 11.5. The Morgan fingerprint density at radius 2 is 1.61 bits per heavy atom. The number of amides is 2. The molecular formula is C27H32ClN3O4S. The number of hydrogen-bond donors (Lipinski definition) is 1. The normalized spacial score (nSPS) is 12.6. The van der Waals surface area contributed by atoms with Gasteiger partial charge in [0.1, 0.15) is 6.04 Å². The molecule has 0 bridgehead atoms. The number of carbonyl (C=O) groups excluding carboxylic acids is 2. The van der Waals surface area contributed by atoms with Crippen LogP contribution in [0.1, 0.15) is 32.8 Å². The van der Waals surface area contributed by atoms with Crippen molar-refractivity contribution in [1.82, 2.24) is 14.5 Å². The summed E-state index contributed by atoms with van der Waals surface area (Å²) >= 11 is 6.00. The van der Waals surface area contributed by atoms with Crippen molar-refractivity contribution in [2.45, 2.75) is 50.7 Å². The third-order valence-electron chi connectivity index (χ3n) is 5.87. The van der Waals surface area contributed by atoms with E-state index in [0.29, 0.717) is 11.4 Å². The Morgan fingerprint density at radius 1 is 0.972 bits per heavy atom. The molecule has 0 aliphatic rings. The summed E-state index contributed by atoms with van der Waals surface area (Å²) < 4.78 is 27.6. The van der Waals surface area contributed by atoms with Gasteiger partial charge in [0, 0.05) is 24.7 Å². The zero-order chi connectivity index (χ0) is 26.5. The molecule has 7 nitrogen and oxygen atoms in total. The fourth-order valence-electron chi connectivity index (χ4n) is 3.96. The van der Waals surface area contributed by atoms with Crippen LogP contribution in [0, 0.1) is 0 Å². The maximum absolute atomic E-state index is 13.5. The summed E-state index contributed by atoms with van der Waals surface area (Å²) in [6.07, 6.45) is 0.374. The lowest BCUT2D eigenvalue weighted by Crippen LogP contribution is -2.52. The highest BCUT2D eigenvalue weighted by Crippen LogP contribution is 2.22. The van der Waals surface area contributed by atoms with Gasteiger partial charge in [0.05, 0.1) is 11.4 Å². The summed E-state index contributed by atoms with van der Waals surface area (Å²) in [5.74, 6) is -0.752. The average molecular weight is 530 g/mol. The van der Waals surface area contributed by atoms with Gasteiger partial charge in [-0.15, -0.1) is 0 Å². The van der Waals surface area contributed by atoms with Gasteiger partial charge in [-0.25, -0.2) is 8.42 Å². The van der Waals surface area contributed by atoms with Gasteiger partial charge in [0.25, 0.3) is 0 Å². The molecule has 192 valence electrons. The number of nitrogens with one attached hydrogen (secondary N) is 1. The number of hydrogen-bond acceptors (Lipinski definition) is 4. The highest BCUT2D eigenvalue weighted by atomic mass is 35.5. The van der Waals surface area contributed by atoms with Crippen LogP contribution in [0.2, 0.25) is 5.02 Å². The Labute approximate surface area is 218 Å². The molecule has 1 N–H and O–H groups in total. The first-order valence-electron chi connectivity index (χ1n) is 11.8. The summed E-state index contributed by atoms with van der Waals surface area (Å²) in [6.45, 7) is 5.25. The SMILES string of the molecule is CCC(C(=O)NC(C)C)N(Cc1ccc(Cl)cc1)C(=O)CN(C)S(=O)(=O)c1ccc2ccccc2c1. The molecule has 1 unspecified atom stereocenters. The van der Waals surface area contributed by atoms with Crippen molar-refractivity contribution in [3.8, 4) is 0 Å². The molecule has 3 aromatic carbocycles. The fraction of sp³-hybridized carbons (Fsp3) is 0.333. The van der Waals surface area contributed by atoms with Gasteiger partial charge in [0.2, 0.25) is 21.8 Å². The lowest BCUT2D eigenvalue weighted by molar-refractivity contribution is -0.141. The quantitative estimate of drug-likeness (QED) is 0.420. The molecule has 0 saturated heterocycles. The predicted molar refractivity (Wildman–Crippen MR) is 143 cm³/mol. The summed E-state index contributed by atoms with van der Waals surface area (Å²) in [5, 5.41) is 5.14. The van der Waals surface area contributed by atoms with Crippen molar-refractivity contribution < 1.29 is 18.0 Å². The number of carbonyl (C=O) groups is 2. The van der Waals surface area contributed by atoms with Crippen molar-refractivity contribution in [3.63, 3.8) is 0 Å². The summed E-state index contributed by atoms with van der Waals surface area (Å²) in [4.78, 5) is 28.0. The minimum Gasteiger partial charge on any atom is -0.352 e. The minimum absolute atomic E-state index is 0.102. The van der Waals surface area contributed by atoms with Crippen LogP contribution in [-0.4, -0.2) is 55.1 Å². The predicted octanol–water partition coefficient (Wildman–Crippen LogP) is 4.45. The maximum Gasteiger partial charge on any atom is 0.243 e. The van der Waals surface area contributed by atoms with Crippen LogP contribution >= 0.6 is 11.6 Å². The van der Waals surface area contributed by atoms with Gasteiger partial charge in [-0.05, 0) is 60.9 Å². The molecule has 0 fully saturated rings. The Morgan fingerprint density at radius 3 is 2.22 bits per heavy atom. The van der Waals surface area contributed by atoms with Gasteiger partial charge in [-0.2, -0.15) is 4.31 Å². The first-order chi connectivity index (χ1) is 17.0. The van der Waals surface area contributed by atoms with E-state index in [1.807, 2.05) is 45.0 Å². The molecule has 3 aromatic rings. The highest BCUT2D eigenvalue weighted by molar-refractivity contribution is 7.89. The third kappa shape index (κ3) is 6.63. The van der Waals surface area contributed by atoms with Gasteiger partial charge in [-0.3, -0.25) is 9.59 Å². The van der Waals surface area contributed by atoms with Crippen LogP contribution in [0.4, 0.5) is 0 Å². The lowest BCUT2D eigenvalue weighted by Gasteiger charge is -2.32. The standard InChI is InChI=1S/C27H32ClN3O4S/c1-5-25(27(33)29-19(2)3)31(17-20-10-13-23(28)14-11-20)26(32)18-30(4)36(34,35)24-15-12-21-8-6-7-9-22(21)16-24/h6-16,19,25H,5,17-18H2,1-4H3,(H,29,33). The van der Waals surface area contributed by atoms with Crippen LogP contribution in [0.3, 0.4) is 0 Å². The van der Waals surface area contributed by atoms with Gasteiger partial charge in [0.15, 0.2) is 0 Å². The molecule has 2 amide bonds. The highest BCUT2D eigenvalue weighted by Gasteiger charge is 2.32. The Balaban J connectivity index is 1.88. The molecule has 9 heteroatoms. The van der Waals surface area contributed by atoms with E-state index >= 15 is 0 Å². The molecule has 3 rings (SSSR count). The monoisotopic (exact) mass is 529 g/mol. The zero-order valence-corrected chi connectivity index (χ0v) is 22.5. The Kier molecular flexibility index (Phi) is 9.11. The molecule has 0 aliphatic carbocycles. The Bertz CT molecular complexity index is 1330. The number of rotatable bonds is 10. The van der Waals surface area contributed by atoms with Gasteiger partial charge >= 0.3 is 0 Å². The van der Waals surface area contributed by atoms with E-state index in [1.54, 1.807) is 36.4 Å². The van der Waals surface area contributed by atoms with Crippen molar-refractivity contribution in [3.05, 3.63) is 77.3 Å².